The third-order valence-electron chi connectivity index (χ3n) is 6.90. The van der Waals surface area contributed by atoms with Crippen molar-refractivity contribution in [1.82, 2.24) is 4.90 Å². The summed E-state index contributed by atoms with van der Waals surface area (Å²) in [6, 6.07) is 11.9. The standard InChI is InChI=1S/C28H36N2O4/c1-6-20-16-21(29-26(32)34-27(2,3)4)17-23-24(20)25(31)30(28(23)14-8-7-9-15-28)18-19-10-12-22(33-5)13-11-19/h10-13,16-17H,6-9,14-15,18H2,1-5H3,(H,29,32). The van der Waals surface area contributed by atoms with Crippen LogP contribution in [0.3, 0.4) is 0 Å². The molecule has 2 aromatic rings. The average molecular weight is 465 g/mol. The highest BCUT2D eigenvalue weighted by atomic mass is 16.6. The number of amides is 2. The number of fused-ring (bicyclic) bond motifs is 2. The summed E-state index contributed by atoms with van der Waals surface area (Å²) in [6.07, 6.45) is 5.44. The van der Waals surface area contributed by atoms with Gasteiger partial charge in [-0.3, -0.25) is 10.1 Å². The van der Waals surface area contributed by atoms with Crippen LogP contribution < -0.4 is 10.1 Å². The Bertz CT molecular complexity index is 1060. The fourth-order valence-corrected chi connectivity index (χ4v) is 5.38. The van der Waals surface area contributed by atoms with Crippen molar-refractivity contribution in [1.29, 1.82) is 0 Å². The van der Waals surface area contributed by atoms with Crippen LogP contribution >= 0.6 is 0 Å². The van der Waals surface area contributed by atoms with Gasteiger partial charge in [0.25, 0.3) is 5.91 Å². The smallest absolute Gasteiger partial charge is 0.412 e. The highest BCUT2D eigenvalue weighted by Gasteiger charge is 2.50. The van der Waals surface area contributed by atoms with E-state index in [1.807, 2.05) is 57.2 Å². The van der Waals surface area contributed by atoms with E-state index < -0.39 is 11.7 Å². The molecule has 6 nitrogen and oxygen atoms in total. The number of hydrogen-bond acceptors (Lipinski definition) is 4. The Morgan fingerprint density at radius 3 is 2.35 bits per heavy atom. The van der Waals surface area contributed by atoms with Gasteiger partial charge in [-0.2, -0.15) is 0 Å². The van der Waals surface area contributed by atoms with Gasteiger partial charge in [0.2, 0.25) is 0 Å². The van der Waals surface area contributed by atoms with Crippen molar-refractivity contribution in [3.05, 3.63) is 58.7 Å². The summed E-state index contributed by atoms with van der Waals surface area (Å²) in [7, 11) is 1.65. The SMILES string of the molecule is CCc1cc(NC(=O)OC(C)(C)C)cc2c1C(=O)N(Cc1ccc(OC)cc1)C21CCCCC1. The molecule has 0 aromatic heterocycles. The maximum absolute atomic E-state index is 13.9. The van der Waals surface area contributed by atoms with Crippen LogP contribution in [0.15, 0.2) is 36.4 Å². The summed E-state index contributed by atoms with van der Waals surface area (Å²) in [6.45, 7) is 8.15. The predicted molar refractivity (Wildman–Crippen MR) is 133 cm³/mol. The van der Waals surface area contributed by atoms with Crippen molar-refractivity contribution < 1.29 is 19.1 Å². The van der Waals surface area contributed by atoms with Crippen molar-refractivity contribution >= 4 is 17.7 Å². The largest absolute Gasteiger partial charge is 0.497 e. The molecule has 2 amide bonds. The molecule has 0 bridgehead atoms. The number of carbonyl (C=O) groups excluding carboxylic acids is 2. The topological polar surface area (TPSA) is 67.9 Å². The van der Waals surface area contributed by atoms with E-state index in [0.717, 1.165) is 53.7 Å². The Kier molecular flexibility index (Phi) is 6.61. The molecule has 182 valence electrons. The molecule has 4 rings (SSSR count). The van der Waals surface area contributed by atoms with E-state index in [4.69, 9.17) is 9.47 Å². The molecule has 0 radical (unpaired) electrons. The van der Waals surface area contributed by atoms with Gasteiger partial charge in [-0.15, -0.1) is 0 Å². The van der Waals surface area contributed by atoms with Gasteiger partial charge in [0.05, 0.1) is 12.6 Å². The van der Waals surface area contributed by atoms with Gasteiger partial charge in [0.15, 0.2) is 0 Å². The Balaban J connectivity index is 1.73. The lowest BCUT2D eigenvalue weighted by Gasteiger charge is -2.42. The Morgan fingerprint density at radius 1 is 1.09 bits per heavy atom. The van der Waals surface area contributed by atoms with Gasteiger partial charge in [-0.25, -0.2) is 4.79 Å². The summed E-state index contributed by atoms with van der Waals surface area (Å²) < 4.78 is 10.8. The van der Waals surface area contributed by atoms with Crippen LogP contribution in [0.2, 0.25) is 0 Å². The lowest BCUT2D eigenvalue weighted by molar-refractivity contribution is 0.0386. The Hall–Kier alpha value is -3.02. The minimum Gasteiger partial charge on any atom is -0.497 e. The normalized spacial score (nSPS) is 17.0. The number of ether oxygens (including phenoxy) is 2. The zero-order valence-corrected chi connectivity index (χ0v) is 21.0. The Labute approximate surface area is 202 Å². The number of aryl methyl sites for hydroxylation is 1. The van der Waals surface area contributed by atoms with Crippen LogP contribution in [0.5, 0.6) is 5.75 Å². The number of anilines is 1. The molecule has 0 atom stereocenters. The van der Waals surface area contributed by atoms with Crippen molar-refractivity contribution in [2.24, 2.45) is 0 Å². The van der Waals surface area contributed by atoms with Gasteiger partial charge in [0, 0.05) is 17.8 Å². The highest BCUT2D eigenvalue weighted by molar-refractivity contribution is 6.02. The second-order valence-corrected chi connectivity index (χ2v) is 10.4. The summed E-state index contributed by atoms with van der Waals surface area (Å²) in [4.78, 5) is 28.5. The monoisotopic (exact) mass is 464 g/mol. The molecular formula is C28H36N2O4. The van der Waals surface area contributed by atoms with Gasteiger partial charge >= 0.3 is 6.09 Å². The van der Waals surface area contributed by atoms with Crippen LogP contribution in [0, 0.1) is 0 Å². The molecule has 1 aliphatic heterocycles. The van der Waals surface area contributed by atoms with Crippen LogP contribution in [0.1, 0.15) is 86.8 Å². The van der Waals surface area contributed by atoms with Crippen molar-refractivity contribution in [2.75, 3.05) is 12.4 Å². The molecule has 0 saturated heterocycles. The molecule has 0 unspecified atom stereocenters. The molecule has 1 heterocycles. The van der Waals surface area contributed by atoms with Gasteiger partial charge < -0.3 is 14.4 Å². The lowest BCUT2D eigenvalue weighted by atomic mass is 9.75. The first-order valence-corrected chi connectivity index (χ1v) is 12.3. The summed E-state index contributed by atoms with van der Waals surface area (Å²) in [5, 5.41) is 2.91. The number of benzene rings is 2. The first-order valence-electron chi connectivity index (χ1n) is 12.3. The molecule has 1 aliphatic carbocycles. The van der Waals surface area contributed by atoms with Crippen LogP contribution in [-0.2, 0) is 23.2 Å². The minimum absolute atomic E-state index is 0.0911. The zero-order valence-electron chi connectivity index (χ0n) is 21.0. The first kappa shape index (κ1) is 24.1. The molecule has 2 aliphatic rings. The van der Waals surface area contributed by atoms with Crippen molar-refractivity contribution in [3.63, 3.8) is 0 Å². The van der Waals surface area contributed by atoms with Gasteiger partial charge in [-0.05, 0) is 81.0 Å². The van der Waals surface area contributed by atoms with Crippen LogP contribution in [-0.4, -0.2) is 29.6 Å². The van der Waals surface area contributed by atoms with E-state index in [-0.39, 0.29) is 11.4 Å². The number of hydrogen-bond donors (Lipinski definition) is 1. The molecule has 1 N–H and O–H groups in total. The summed E-state index contributed by atoms with van der Waals surface area (Å²) in [5.74, 6) is 0.895. The van der Waals surface area contributed by atoms with E-state index in [9.17, 15) is 9.59 Å². The van der Waals surface area contributed by atoms with Gasteiger partial charge in [0.1, 0.15) is 11.4 Å². The second kappa shape index (κ2) is 9.32. The number of methoxy groups -OCH3 is 1. The summed E-state index contributed by atoms with van der Waals surface area (Å²) >= 11 is 0. The van der Waals surface area contributed by atoms with Gasteiger partial charge in [-0.1, -0.05) is 38.3 Å². The molecule has 1 saturated carbocycles. The fraction of sp³-hybridized carbons (Fsp3) is 0.500. The maximum atomic E-state index is 13.9. The minimum atomic E-state index is -0.579. The third-order valence-corrected chi connectivity index (χ3v) is 6.90. The quantitative estimate of drug-likeness (QED) is 0.554. The molecule has 1 fully saturated rings. The number of rotatable bonds is 5. The predicted octanol–water partition coefficient (Wildman–Crippen LogP) is 6.42. The molecule has 1 spiro atoms. The highest BCUT2D eigenvalue weighted by Crippen LogP contribution is 2.51. The number of nitrogens with zero attached hydrogens (tertiary/aromatic N) is 1. The van der Waals surface area contributed by atoms with Crippen LogP contribution in [0.25, 0.3) is 0 Å². The molecule has 34 heavy (non-hydrogen) atoms. The Morgan fingerprint density at radius 2 is 1.76 bits per heavy atom. The summed E-state index contributed by atoms with van der Waals surface area (Å²) in [5.41, 5.74) is 3.68. The number of carbonyl (C=O) groups is 2. The lowest BCUT2D eigenvalue weighted by Crippen LogP contribution is -2.44. The molecule has 6 heteroatoms. The van der Waals surface area contributed by atoms with Crippen LogP contribution in [0.4, 0.5) is 10.5 Å². The van der Waals surface area contributed by atoms with E-state index in [1.165, 1.54) is 6.42 Å². The fourth-order valence-electron chi connectivity index (χ4n) is 5.38. The zero-order chi connectivity index (χ0) is 24.5. The van der Waals surface area contributed by atoms with E-state index >= 15 is 0 Å². The molecular weight excluding hydrogens is 428 g/mol. The van der Waals surface area contributed by atoms with Crippen molar-refractivity contribution in [3.8, 4) is 5.75 Å². The number of nitrogens with one attached hydrogen (secondary N) is 1. The third kappa shape index (κ3) is 4.63. The van der Waals surface area contributed by atoms with E-state index in [2.05, 4.69) is 17.1 Å². The maximum Gasteiger partial charge on any atom is 0.412 e. The van der Waals surface area contributed by atoms with Crippen molar-refractivity contribution in [2.45, 2.75) is 83.9 Å². The first-order chi connectivity index (χ1) is 16.2. The van der Waals surface area contributed by atoms with E-state index in [1.54, 1.807) is 7.11 Å². The molecule has 2 aromatic carbocycles. The second-order valence-electron chi connectivity index (χ2n) is 10.4. The van der Waals surface area contributed by atoms with E-state index in [0.29, 0.717) is 18.7 Å². The average Bonchev–Trinajstić information content (AvgIpc) is 3.01.